The molecule has 0 spiro atoms. The Bertz CT molecular complexity index is 1050. The molecular formula is C26H25NO5. The van der Waals surface area contributed by atoms with Crippen molar-refractivity contribution >= 4 is 23.8 Å². The van der Waals surface area contributed by atoms with Gasteiger partial charge in [-0.1, -0.05) is 13.3 Å². The number of esters is 2. The molecule has 0 saturated carbocycles. The van der Waals surface area contributed by atoms with E-state index >= 15 is 0 Å². The van der Waals surface area contributed by atoms with Gasteiger partial charge in [0.15, 0.2) is 0 Å². The highest BCUT2D eigenvalue weighted by Gasteiger charge is 2.11. The lowest BCUT2D eigenvalue weighted by Crippen LogP contribution is -2.09. The molecule has 0 heterocycles. The number of unbranched alkanes of at least 4 members (excludes halogenated alkanes) is 1. The second-order valence-electron chi connectivity index (χ2n) is 6.98. The Morgan fingerprint density at radius 1 is 0.812 bits per heavy atom. The number of methoxy groups -OCH3 is 1. The quantitative estimate of drug-likeness (QED) is 0.190. The first-order valence-electron chi connectivity index (χ1n) is 10.4. The van der Waals surface area contributed by atoms with E-state index in [0.29, 0.717) is 29.2 Å². The summed E-state index contributed by atoms with van der Waals surface area (Å²) >= 11 is 0. The van der Waals surface area contributed by atoms with Crippen LogP contribution in [-0.2, 0) is 4.74 Å². The zero-order valence-corrected chi connectivity index (χ0v) is 18.1. The van der Waals surface area contributed by atoms with Crippen molar-refractivity contribution in [1.29, 1.82) is 0 Å². The number of carbonyl (C=O) groups is 2. The highest BCUT2D eigenvalue weighted by Crippen LogP contribution is 2.18. The van der Waals surface area contributed by atoms with Gasteiger partial charge in [0.2, 0.25) is 0 Å². The van der Waals surface area contributed by atoms with Gasteiger partial charge < -0.3 is 14.2 Å². The van der Waals surface area contributed by atoms with E-state index in [-0.39, 0.29) is 5.97 Å². The number of rotatable bonds is 9. The fraction of sp³-hybridized carbons (Fsp3) is 0.192. The molecule has 164 valence electrons. The van der Waals surface area contributed by atoms with E-state index in [9.17, 15) is 9.59 Å². The summed E-state index contributed by atoms with van der Waals surface area (Å²) in [5, 5.41) is 0. The molecule has 6 nitrogen and oxygen atoms in total. The van der Waals surface area contributed by atoms with Crippen LogP contribution in [0.4, 0.5) is 5.69 Å². The van der Waals surface area contributed by atoms with Crippen molar-refractivity contribution in [3.8, 4) is 11.5 Å². The Morgan fingerprint density at radius 3 is 2.03 bits per heavy atom. The fourth-order valence-electron chi connectivity index (χ4n) is 2.74. The van der Waals surface area contributed by atoms with Crippen molar-refractivity contribution in [2.45, 2.75) is 19.8 Å². The lowest BCUT2D eigenvalue weighted by Gasteiger charge is -2.07. The molecule has 3 aromatic carbocycles. The molecule has 0 aliphatic rings. The van der Waals surface area contributed by atoms with E-state index in [1.54, 1.807) is 61.9 Å². The number of nitrogens with zero attached hydrogens (tertiary/aromatic N) is 1. The van der Waals surface area contributed by atoms with E-state index in [1.807, 2.05) is 31.2 Å². The molecule has 0 aromatic heterocycles. The van der Waals surface area contributed by atoms with Crippen LogP contribution < -0.4 is 9.47 Å². The Kier molecular flexibility index (Phi) is 8.15. The second-order valence-corrected chi connectivity index (χ2v) is 6.98. The van der Waals surface area contributed by atoms with Crippen LogP contribution in [0.3, 0.4) is 0 Å². The van der Waals surface area contributed by atoms with Gasteiger partial charge in [0, 0.05) is 6.21 Å². The topological polar surface area (TPSA) is 74.2 Å². The second kappa shape index (κ2) is 11.5. The average molecular weight is 431 g/mol. The van der Waals surface area contributed by atoms with Gasteiger partial charge in [-0.05, 0) is 84.8 Å². The van der Waals surface area contributed by atoms with Crippen LogP contribution in [0.15, 0.2) is 77.8 Å². The molecule has 0 radical (unpaired) electrons. The van der Waals surface area contributed by atoms with Gasteiger partial charge in [0.1, 0.15) is 11.5 Å². The van der Waals surface area contributed by atoms with E-state index in [1.165, 1.54) is 0 Å². The largest absolute Gasteiger partial charge is 0.497 e. The van der Waals surface area contributed by atoms with E-state index in [4.69, 9.17) is 14.2 Å². The zero-order chi connectivity index (χ0) is 22.8. The lowest BCUT2D eigenvalue weighted by atomic mass is 10.2. The summed E-state index contributed by atoms with van der Waals surface area (Å²) in [5.41, 5.74) is 2.46. The Labute approximate surface area is 187 Å². The number of benzene rings is 3. The minimum Gasteiger partial charge on any atom is -0.497 e. The molecule has 3 aromatic rings. The lowest BCUT2D eigenvalue weighted by molar-refractivity contribution is 0.0499. The number of ether oxygens (including phenoxy) is 3. The summed E-state index contributed by atoms with van der Waals surface area (Å²) in [6, 6.07) is 20.6. The number of aliphatic imine (C=N–C) groups is 1. The van der Waals surface area contributed by atoms with Crippen molar-refractivity contribution in [1.82, 2.24) is 0 Å². The molecule has 0 aliphatic carbocycles. The van der Waals surface area contributed by atoms with Crippen LogP contribution in [-0.4, -0.2) is 31.9 Å². The highest BCUT2D eigenvalue weighted by molar-refractivity contribution is 5.92. The molecule has 0 N–H and O–H groups in total. The van der Waals surface area contributed by atoms with Gasteiger partial charge >= 0.3 is 11.9 Å². The number of hydrogen-bond acceptors (Lipinski definition) is 6. The third-order valence-electron chi connectivity index (χ3n) is 4.61. The van der Waals surface area contributed by atoms with Crippen LogP contribution in [0, 0.1) is 0 Å². The molecule has 0 fully saturated rings. The molecule has 32 heavy (non-hydrogen) atoms. The first kappa shape index (κ1) is 22.7. The van der Waals surface area contributed by atoms with Gasteiger partial charge in [-0.3, -0.25) is 4.99 Å². The monoisotopic (exact) mass is 431 g/mol. The number of carbonyl (C=O) groups excluding carboxylic acids is 2. The Morgan fingerprint density at radius 2 is 1.41 bits per heavy atom. The predicted molar refractivity (Wildman–Crippen MR) is 123 cm³/mol. The molecule has 0 aliphatic heterocycles. The smallest absolute Gasteiger partial charge is 0.343 e. The Balaban J connectivity index is 1.56. The van der Waals surface area contributed by atoms with Crippen molar-refractivity contribution in [2.24, 2.45) is 4.99 Å². The molecule has 0 amide bonds. The summed E-state index contributed by atoms with van der Waals surface area (Å²) in [6.45, 7) is 2.42. The highest BCUT2D eigenvalue weighted by atomic mass is 16.5. The summed E-state index contributed by atoms with van der Waals surface area (Å²) in [7, 11) is 1.62. The van der Waals surface area contributed by atoms with Gasteiger partial charge in [-0.25, -0.2) is 9.59 Å². The summed E-state index contributed by atoms with van der Waals surface area (Å²) < 4.78 is 15.7. The molecule has 3 rings (SSSR count). The Hall–Kier alpha value is -3.93. The third kappa shape index (κ3) is 6.54. The van der Waals surface area contributed by atoms with Gasteiger partial charge in [-0.2, -0.15) is 0 Å². The first-order chi connectivity index (χ1) is 15.6. The van der Waals surface area contributed by atoms with Crippen LogP contribution in [0.1, 0.15) is 46.0 Å². The SMILES string of the molecule is CCCCOC(=O)c1ccc(OC(=O)c2ccc(N=Cc3ccc(OC)cc3)cc2)cc1. The van der Waals surface area contributed by atoms with Gasteiger partial charge in [0.25, 0.3) is 0 Å². The predicted octanol–water partition coefficient (Wildman–Crippen LogP) is 5.62. The third-order valence-corrected chi connectivity index (χ3v) is 4.61. The maximum atomic E-state index is 12.4. The number of hydrogen-bond donors (Lipinski definition) is 0. The van der Waals surface area contributed by atoms with Gasteiger partial charge in [-0.15, -0.1) is 0 Å². The van der Waals surface area contributed by atoms with Crippen molar-refractivity contribution in [2.75, 3.05) is 13.7 Å². The van der Waals surface area contributed by atoms with Crippen molar-refractivity contribution < 1.29 is 23.8 Å². The molecule has 0 atom stereocenters. The minimum atomic E-state index is -0.492. The molecule has 0 saturated heterocycles. The summed E-state index contributed by atoms with van der Waals surface area (Å²) in [5.74, 6) is 0.254. The summed E-state index contributed by atoms with van der Waals surface area (Å²) in [4.78, 5) is 28.7. The molecule has 0 bridgehead atoms. The molecule has 0 unspecified atom stereocenters. The average Bonchev–Trinajstić information content (AvgIpc) is 2.84. The first-order valence-corrected chi connectivity index (χ1v) is 10.4. The fourth-order valence-corrected chi connectivity index (χ4v) is 2.74. The van der Waals surface area contributed by atoms with Crippen LogP contribution in [0.25, 0.3) is 0 Å². The van der Waals surface area contributed by atoms with Crippen LogP contribution in [0.5, 0.6) is 11.5 Å². The standard InChI is InChI=1S/C26H25NO5/c1-3-4-17-31-25(28)20-9-15-24(16-10-20)32-26(29)21-7-11-22(12-8-21)27-18-19-5-13-23(30-2)14-6-19/h5-16,18H,3-4,17H2,1-2H3. The maximum absolute atomic E-state index is 12.4. The van der Waals surface area contributed by atoms with Crippen LogP contribution in [0.2, 0.25) is 0 Å². The zero-order valence-electron chi connectivity index (χ0n) is 18.1. The van der Waals surface area contributed by atoms with Crippen molar-refractivity contribution in [3.63, 3.8) is 0 Å². The van der Waals surface area contributed by atoms with Crippen LogP contribution >= 0.6 is 0 Å². The minimum absolute atomic E-state index is 0.349. The van der Waals surface area contributed by atoms with E-state index in [2.05, 4.69) is 4.99 Å². The van der Waals surface area contributed by atoms with Crippen molar-refractivity contribution in [3.05, 3.63) is 89.5 Å². The van der Waals surface area contributed by atoms with Gasteiger partial charge in [0.05, 0.1) is 30.5 Å². The molecular weight excluding hydrogens is 406 g/mol. The molecule has 6 heteroatoms. The summed E-state index contributed by atoms with van der Waals surface area (Å²) in [6.07, 6.45) is 3.52. The van der Waals surface area contributed by atoms with E-state index < -0.39 is 5.97 Å². The van der Waals surface area contributed by atoms with E-state index in [0.717, 1.165) is 24.2 Å². The normalized spacial score (nSPS) is 10.7. The maximum Gasteiger partial charge on any atom is 0.343 e.